The van der Waals surface area contributed by atoms with Crippen molar-refractivity contribution in [1.82, 2.24) is 4.98 Å². The minimum absolute atomic E-state index is 0.184. The molecular formula is C13H18N2OS. The van der Waals surface area contributed by atoms with Gasteiger partial charge in [0, 0.05) is 16.8 Å². The van der Waals surface area contributed by atoms with E-state index in [2.05, 4.69) is 0 Å². The minimum Gasteiger partial charge on any atom is -0.374 e. The van der Waals surface area contributed by atoms with Gasteiger partial charge in [-0.25, -0.2) is 4.98 Å². The molecule has 0 amide bonds. The van der Waals surface area contributed by atoms with E-state index in [0.717, 1.165) is 6.42 Å². The SMILES string of the molecule is NC1CCCc2sc(C3CC4CCC3O4)nc21. The van der Waals surface area contributed by atoms with E-state index in [9.17, 15) is 0 Å². The number of aryl methyl sites for hydroxylation is 1. The molecule has 92 valence electrons. The number of rotatable bonds is 1. The zero-order valence-electron chi connectivity index (χ0n) is 9.89. The Morgan fingerprint density at radius 3 is 2.94 bits per heavy atom. The van der Waals surface area contributed by atoms with E-state index in [0.29, 0.717) is 18.1 Å². The van der Waals surface area contributed by atoms with E-state index >= 15 is 0 Å². The van der Waals surface area contributed by atoms with Crippen LogP contribution >= 0.6 is 11.3 Å². The van der Waals surface area contributed by atoms with Crippen LogP contribution in [-0.2, 0) is 11.2 Å². The number of fused-ring (bicyclic) bond motifs is 3. The molecule has 2 bridgehead atoms. The molecule has 4 heteroatoms. The second kappa shape index (κ2) is 3.77. The number of thiazole rings is 1. The van der Waals surface area contributed by atoms with Crippen LogP contribution in [0, 0.1) is 0 Å². The second-order valence-electron chi connectivity index (χ2n) is 5.58. The van der Waals surface area contributed by atoms with Crippen LogP contribution in [0.3, 0.4) is 0 Å². The summed E-state index contributed by atoms with van der Waals surface area (Å²) in [5.74, 6) is 0.566. The van der Waals surface area contributed by atoms with Gasteiger partial charge in [-0.2, -0.15) is 0 Å². The molecule has 4 unspecified atom stereocenters. The largest absolute Gasteiger partial charge is 0.374 e. The molecule has 3 heterocycles. The van der Waals surface area contributed by atoms with Crippen LogP contribution in [0.4, 0.5) is 0 Å². The van der Waals surface area contributed by atoms with Crippen LogP contribution < -0.4 is 5.73 Å². The van der Waals surface area contributed by atoms with Gasteiger partial charge in [0.1, 0.15) is 0 Å². The van der Waals surface area contributed by atoms with Gasteiger partial charge in [-0.3, -0.25) is 0 Å². The van der Waals surface area contributed by atoms with Crippen molar-refractivity contribution in [2.75, 3.05) is 0 Å². The third-order valence-corrected chi connectivity index (χ3v) is 5.70. The van der Waals surface area contributed by atoms with Gasteiger partial charge in [0.2, 0.25) is 0 Å². The van der Waals surface area contributed by atoms with Crippen molar-refractivity contribution >= 4 is 11.3 Å². The van der Waals surface area contributed by atoms with E-state index in [1.807, 2.05) is 11.3 Å². The summed E-state index contributed by atoms with van der Waals surface area (Å²) in [6, 6.07) is 0.184. The number of nitrogens with two attached hydrogens (primary N) is 1. The molecule has 17 heavy (non-hydrogen) atoms. The normalized spacial score (nSPS) is 39.6. The molecule has 2 N–H and O–H groups in total. The summed E-state index contributed by atoms with van der Waals surface area (Å²) in [6.07, 6.45) is 8.14. The summed E-state index contributed by atoms with van der Waals surface area (Å²) in [4.78, 5) is 6.29. The van der Waals surface area contributed by atoms with Gasteiger partial charge in [-0.1, -0.05) is 0 Å². The number of ether oxygens (including phenoxy) is 1. The highest BCUT2D eigenvalue weighted by molar-refractivity contribution is 7.11. The van der Waals surface area contributed by atoms with Gasteiger partial charge in [-0.15, -0.1) is 11.3 Å². The lowest BCUT2D eigenvalue weighted by Crippen LogP contribution is -2.17. The van der Waals surface area contributed by atoms with Crippen LogP contribution in [0.5, 0.6) is 0 Å². The maximum atomic E-state index is 6.15. The summed E-state index contributed by atoms with van der Waals surface area (Å²) in [6.45, 7) is 0. The van der Waals surface area contributed by atoms with E-state index in [1.54, 1.807) is 0 Å². The molecule has 3 aliphatic rings. The van der Waals surface area contributed by atoms with Crippen LogP contribution in [0.15, 0.2) is 0 Å². The molecule has 2 fully saturated rings. The number of nitrogens with zero attached hydrogens (tertiary/aromatic N) is 1. The Morgan fingerprint density at radius 2 is 2.24 bits per heavy atom. The molecule has 1 aliphatic carbocycles. The molecule has 4 rings (SSSR count). The van der Waals surface area contributed by atoms with Crippen molar-refractivity contribution in [3.8, 4) is 0 Å². The van der Waals surface area contributed by atoms with Crippen molar-refractivity contribution in [1.29, 1.82) is 0 Å². The highest BCUT2D eigenvalue weighted by atomic mass is 32.1. The molecule has 1 aromatic rings. The van der Waals surface area contributed by atoms with Gasteiger partial charge in [0.05, 0.1) is 22.9 Å². The van der Waals surface area contributed by atoms with Gasteiger partial charge in [0.25, 0.3) is 0 Å². The highest BCUT2D eigenvalue weighted by Crippen LogP contribution is 2.46. The molecular weight excluding hydrogens is 232 g/mol. The lowest BCUT2D eigenvalue weighted by Gasteiger charge is -2.16. The van der Waals surface area contributed by atoms with Crippen molar-refractivity contribution < 1.29 is 4.74 Å². The average molecular weight is 250 g/mol. The fourth-order valence-corrected chi connectivity index (χ4v) is 4.87. The summed E-state index contributed by atoms with van der Waals surface area (Å²) >= 11 is 1.90. The molecule has 2 aliphatic heterocycles. The third-order valence-electron chi connectivity index (χ3n) is 4.44. The van der Waals surface area contributed by atoms with E-state index in [4.69, 9.17) is 15.5 Å². The summed E-state index contributed by atoms with van der Waals surface area (Å²) < 4.78 is 5.93. The molecule has 4 atom stereocenters. The number of aromatic nitrogens is 1. The Bertz CT molecular complexity index is 445. The molecule has 2 saturated heterocycles. The molecule has 0 radical (unpaired) electrons. The van der Waals surface area contributed by atoms with Crippen LogP contribution in [0.25, 0.3) is 0 Å². The predicted molar refractivity (Wildman–Crippen MR) is 67.2 cm³/mol. The van der Waals surface area contributed by atoms with E-state index in [-0.39, 0.29) is 6.04 Å². The fraction of sp³-hybridized carbons (Fsp3) is 0.769. The van der Waals surface area contributed by atoms with Gasteiger partial charge >= 0.3 is 0 Å². The number of hydrogen-bond donors (Lipinski definition) is 1. The molecule has 0 saturated carbocycles. The Kier molecular flexibility index (Phi) is 2.32. The predicted octanol–water partition coefficient (Wildman–Crippen LogP) is 2.51. The Morgan fingerprint density at radius 1 is 1.29 bits per heavy atom. The summed E-state index contributed by atoms with van der Waals surface area (Å²) in [5, 5.41) is 1.31. The van der Waals surface area contributed by atoms with Gasteiger partial charge < -0.3 is 10.5 Å². The van der Waals surface area contributed by atoms with Crippen molar-refractivity contribution in [2.24, 2.45) is 5.73 Å². The van der Waals surface area contributed by atoms with Crippen LogP contribution in [0.1, 0.15) is 59.6 Å². The zero-order valence-corrected chi connectivity index (χ0v) is 10.7. The topological polar surface area (TPSA) is 48.1 Å². The van der Waals surface area contributed by atoms with E-state index in [1.165, 1.54) is 47.7 Å². The minimum atomic E-state index is 0.184. The zero-order chi connectivity index (χ0) is 11.4. The van der Waals surface area contributed by atoms with Crippen molar-refractivity contribution in [3.05, 3.63) is 15.6 Å². The Hall–Kier alpha value is -0.450. The first-order chi connectivity index (χ1) is 8.31. The molecule has 3 nitrogen and oxygen atoms in total. The second-order valence-corrected chi connectivity index (χ2v) is 6.69. The third kappa shape index (κ3) is 1.58. The molecule has 0 aromatic carbocycles. The first-order valence-corrected chi connectivity index (χ1v) is 7.53. The maximum absolute atomic E-state index is 6.15. The standard InChI is InChI=1S/C13H18N2OS/c14-9-2-1-3-11-12(9)15-13(17-11)8-6-7-4-5-10(8)16-7/h7-10H,1-6,14H2. The monoisotopic (exact) mass is 250 g/mol. The highest BCUT2D eigenvalue weighted by Gasteiger charge is 2.43. The lowest BCUT2D eigenvalue weighted by molar-refractivity contribution is 0.100. The molecule has 1 aromatic heterocycles. The first kappa shape index (κ1) is 10.5. The van der Waals surface area contributed by atoms with Crippen molar-refractivity contribution in [3.63, 3.8) is 0 Å². The Labute approximate surface area is 105 Å². The maximum Gasteiger partial charge on any atom is 0.0989 e. The smallest absolute Gasteiger partial charge is 0.0989 e. The van der Waals surface area contributed by atoms with E-state index < -0.39 is 0 Å². The average Bonchev–Trinajstić information content (AvgIpc) is 3.03. The summed E-state index contributed by atoms with van der Waals surface area (Å²) in [5.41, 5.74) is 7.34. The van der Waals surface area contributed by atoms with Crippen LogP contribution in [0.2, 0.25) is 0 Å². The van der Waals surface area contributed by atoms with Gasteiger partial charge in [0.15, 0.2) is 0 Å². The van der Waals surface area contributed by atoms with Gasteiger partial charge in [-0.05, 0) is 38.5 Å². The quantitative estimate of drug-likeness (QED) is 0.833. The fourth-order valence-electron chi connectivity index (χ4n) is 3.53. The Balaban J connectivity index is 1.66. The lowest BCUT2D eigenvalue weighted by atomic mass is 9.90. The van der Waals surface area contributed by atoms with Crippen molar-refractivity contribution in [2.45, 2.75) is 62.7 Å². The van der Waals surface area contributed by atoms with Crippen LogP contribution in [-0.4, -0.2) is 17.2 Å². The summed E-state index contributed by atoms with van der Waals surface area (Å²) in [7, 11) is 0. The molecule has 0 spiro atoms. The number of hydrogen-bond acceptors (Lipinski definition) is 4. The first-order valence-electron chi connectivity index (χ1n) is 6.72.